The molecule has 7 nitrogen and oxygen atoms in total. The van der Waals surface area contributed by atoms with Crippen molar-refractivity contribution in [1.29, 1.82) is 0 Å². The molecule has 22 heavy (non-hydrogen) atoms. The van der Waals surface area contributed by atoms with E-state index in [0.717, 1.165) is 0 Å². The molecule has 1 fully saturated rings. The second-order valence-corrected chi connectivity index (χ2v) is 7.06. The molecule has 1 saturated heterocycles. The number of carbonyl (C=O) groups excluding carboxylic acids is 1. The van der Waals surface area contributed by atoms with E-state index in [9.17, 15) is 14.9 Å². The minimum atomic E-state index is -0.528. The van der Waals surface area contributed by atoms with Crippen molar-refractivity contribution >= 4 is 33.4 Å². The fourth-order valence-electron chi connectivity index (χ4n) is 2.04. The summed E-state index contributed by atoms with van der Waals surface area (Å²) in [5, 5.41) is 14.1. The minimum Gasteiger partial charge on any atom is -0.444 e. The summed E-state index contributed by atoms with van der Waals surface area (Å²) in [5.41, 5.74) is -0.0766. The van der Waals surface area contributed by atoms with Gasteiger partial charge in [-0.3, -0.25) is 10.1 Å². The third-order valence-corrected chi connectivity index (χ3v) is 3.54. The lowest BCUT2D eigenvalue weighted by Gasteiger charge is -2.40. The van der Waals surface area contributed by atoms with Crippen molar-refractivity contribution in [2.24, 2.45) is 0 Å². The Balaban J connectivity index is 1.93. The van der Waals surface area contributed by atoms with E-state index in [0.29, 0.717) is 23.2 Å². The number of nitrogens with one attached hydrogen (secondary N) is 1. The zero-order valence-corrected chi connectivity index (χ0v) is 14.2. The number of amides is 1. The van der Waals surface area contributed by atoms with Crippen molar-refractivity contribution in [2.45, 2.75) is 32.4 Å². The predicted octanol–water partition coefficient (Wildman–Crippen LogP) is 3.39. The van der Waals surface area contributed by atoms with Gasteiger partial charge in [-0.05, 0) is 32.9 Å². The Morgan fingerprint density at radius 3 is 2.64 bits per heavy atom. The largest absolute Gasteiger partial charge is 0.444 e. The van der Waals surface area contributed by atoms with Gasteiger partial charge >= 0.3 is 6.09 Å². The molecule has 1 aromatic rings. The van der Waals surface area contributed by atoms with Gasteiger partial charge in [0.05, 0.1) is 11.0 Å². The molecule has 2 rings (SSSR count). The quantitative estimate of drug-likeness (QED) is 0.650. The molecule has 8 heteroatoms. The zero-order chi connectivity index (χ0) is 16.5. The van der Waals surface area contributed by atoms with Gasteiger partial charge in [0.2, 0.25) is 0 Å². The van der Waals surface area contributed by atoms with Crippen LogP contribution in [0.1, 0.15) is 20.8 Å². The third kappa shape index (κ3) is 4.09. The molecule has 0 aromatic heterocycles. The van der Waals surface area contributed by atoms with Crippen LogP contribution in [0, 0.1) is 10.1 Å². The van der Waals surface area contributed by atoms with Gasteiger partial charge in [-0.2, -0.15) is 0 Å². The molecule has 1 heterocycles. The number of hydrogen-bond acceptors (Lipinski definition) is 5. The summed E-state index contributed by atoms with van der Waals surface area (Å²) < 4.78 is 5.91. The molecular formula is C14H18BrN3O4. The summed E-state index contributed by atoms with van der Waals surface area (Å²) in [5.74, 6) is 0. The van der Waals surface area contributed by atoms with E-state index in [1.165, 1.54) is 6.07 Å². The summed E-state index contributed by atoms with van der Waals surface area (Å²) in [4.78, 5) is 24.0. The molecule has 0 aliphatic carbocycles. The molecule has 0 spiro atoms. The lowest BCUT2D eigenvalue weighted by atomic mass is 10.1. The van der Waals surface area contributed by atoms with Crippen LogP contribution >= 0.6 is 15.9 Å². The van der Waals surface area contributed by atoms with Crippen LogP contribution in [-0.2, 0) is 4.74 Å². The number of carbonyl (C=O) groups is 1. The van der Waals surface area contributed by atoms with Crippen LogP contribution in [0.15, 0.2) is 22.7 Å². The first-order valence-corrected chi connectivity index (χ1v) is 7.63. The fourth-order valence-corrected chi connectivity index (χ4v) is 2.39. The first-order valence-electron chi connectivity index (χ1n) is 6.84. The summed E-state index contributed by atoms with van der Waals surface area (Å²) in [7, 11) is 0. The maximum Gasteiger partial charge on any atom is 0.410 e. The van der Waals surface area contributed by atoms with E-state index in [1.54, 1.807) is 17.0 Å². The minimum absolute atomic E-state index is 0.00472. The highest BCUT2D eigenvalue weighted by Crippen LogP contribution is 2.29. The van der Waals surface area contributed by atoms with Gasteiger partial charge in [-0.15, -0.1) is 0 Å². The highest BCUT2D eigenvalue weighted by molar-refractivity contribution is 9.10. The van der Waals surface area contributed by atoms with Crippen molar-refractivity contribution in [3.05, 3.63) is 32.8 Å². The maximum atomic E-state index is 11.8. The van der Waals surface area contributed by atoms with E-state index in [1.807, 2.05) is 20.8 Å². The molecule has 1 aliphatic rings. The smallest absolute Gasteiger partial charge is 0.410 e. The Labute approximate surface area is 136 Å². The number of nitrogens with zero attached hydrogens (tertiary/aromatic N) is 2. The van der Waals surface area contributed by atoms with Crippen LogP contribution in [0.5, 0.6) is 0 Å². The van der Waals surface area contributed by atoms with Crippen LogP contribution in [0.25, 0.3) is 0 Å². The van der Waals surface area contributed by atoms with Crippen molar-refractivity contribution in [1.82, 2.24) is 4.90 Å². The number of nitro groups is 1. The number of nitro benzene ring substituents is 1. The molecular weight excluding hydrogens is 354 g/mol. The molecule has 120 valence electrons. The first kappa shape index (κ1) is 16.5. The highest BCUT2D eigenvalue weighted by Gasteiger charge is 2.34. The van der Waals surface area contributed by atoms with Gasteiger partial charge in [-0.25, -0.2) is 4.79 Å². The highest BCUT2D eigenvalue weighted by atomic mass is 79.9. The zero-order valence-electron chi connectivity index (χ0n) is 12.6. The fraction of sp³-hybridized carbons (Fsp3) is 0.500. The van der Waals surface area contributed by atoms with E-state index in [2.05, 4.69) is 21.2 Å². The van der Waals surface area contributed by atoms with E-state index >= 15 is 0 Å². The standard InChI is InChI=1S/C14H18BrN3O4/c1-14(2,3)22-13(19)17-7-10(8-17)16-11-5-4-9(15)6-12(11)18(20)21/h4-6,10,16H,7-8H2,1-3H3. The van der Waals surface area contributed by atoms with Crippen LogP contribution in [0.4, 0.5) is 16.2 Å². The second-order valence-electron chi connectivity index (χ2n) is 6.15. The number of halogens is 1. The van der Waals surface area contributed by atoms with Crippen molar-refractivity contribution in [2.75, 3.05) is 18.4 Å². The summed E-state index contributed by atoms with van der Waals surface area (Å²) in [6.07, 6.45) is -0.365. The number of anilines is 1. The molecule has 0 atom stereocenters. The number of hydrogen-bond donors (Lipinski definition) is 1. The summed E-state index contributed by atoms with van der Waals surface area (Å²) in [6, 6.07) is 4.82. The average Bonchev–Trinajstić information content (AvgIpc) is 2.31. The van der Waals surface area contributed by atoms with Crippen LogP contribution in [-0.4, -0.2) is 40.6 Å². The molecule has 0 radical (unpaired) electrons. The molecule has 1 N–H and O–H groups in total. The van der Waals surface area contributed by atoms with Gasteiger partial charge in [0, 0.05) is 23.6 Å². The average molecular weight is 372 g/mol. The number of benzene rings is 1. The molecule has 0 unspecified atom stereocenters. The molecule has 0 bridgehead atoms. The molecule has 1 aromatic carbocycles. The Hall–Kier alpha value is -1.83. The van der Waals surface area contributed by atoms with E-state index in [-0.39, 0.29) is 17.8 Å². The van der Waals surface area contributed by atoms with E-state index in [4.69, 9.17) is 4.74 Å². The Kier molecular flexibility index (Phi) is 4.60. The second kappa shape index (κ2) is 6.12. The van der Waals surface area contributed by atoms with Crippen LogP contribution in [0.2, 0.25) is 0 Å². The van der Waals surface area contributed by atoms with Gasteiger partial charge in [-0.1, -0.05) is 15.9 Å². The molecule has 1 amide bonds. The van der Waals surface area contributed by atoms with Crippen LogP contribution in [0.3, 0.4) is 0 Å². The molecule has 0 saturated carbocycles. The van der Waals surface area contributed by atoms with Gasteiger partial charge in [0.15, 0.2) is 0 Å². The SMILES string of the molecule is CC(C)(C)OC(=O)N1CC(Nc2ccc(Br)cc2[N+](=O)[O-])C1. The molecule has 1 aliphatic heterocycles. The topological polar surface area (TPSA) is 84.7 Å². The van der Waals surface area contributed by atoms with Crippen LogP contribution < -0.4 is 5.32 Å². The summed E-state index contributed by atoms with van der Waals surface area (Å²) in [6.45, 7) is 6.35. The normalized spacial score (nSPS) is 15.2. The van der Waals surface area contributed by atoms with Crippen molar-refractivity contribution < 1.29 is 14.5 Å². The van der Waals surface area contributed by atoms with Crippen molar-refractivity contribution in [3.8, 4) is 0 Å². The lowest BCUT2D eigenvalue weighted by Crippen LogP contribution is -2.57. The Morgan fingerprint density at radius 1 is 1.45 bits per heavy atom. The summed E-state index contributed by atoms with van der Waals surface area (Å²) >= 11 is 3.22. The lowest BCUT2D eigenvalue weighted by molar-refractivity contribution is -0.384. The van der Waals surface area contributed by atoms with Gasteiger partial charge in [0.1, 0.15) is 11.3 Å². The van der Waals surface area contributed by atoms with E-state index < -0.39 is 10.5 Å². The van der Waals surface area contributed by atoms with Gasteiger partial charge < -0.3 is 15.0 Å². The predicted molar refractivity (Wildman–Crippen MR) is 86.0 cm³/mol. The van der Waals surface area contributed by atoms with Gasteiger partial charge in [0.25, 0.3) is 5.69 Å². The number of ether oxygens (including phenoxy) is 1. The Morgan fingerprint density at radius 2 is 2.09 bits per heavy atom. The Bertz CT molecular complexity index is 594. The monoisotopic (exact) mass is 371 g/mol. The number of rotatable bonds is 3. The maximum absolute atomic E-state index is 11.8. The van der Waals surface area contributed by atoms with Crippen molar-refractivity contribution in [3.63, 3.8) is 0 Å². The third-order valence-electron chi connectivity index (χ3n) is 3.05. The number of likely N-dealkylation sites (tertiary alicyclic amines) is 1. The first-order chi connectivity index (χ1) is 10.2.